The van der Waals surface area contributed by atoms with Crippen LogP contribution in [0.25, 0.3) is 0 Å². The molecular formula is C17H24N4O3. The fourth-order valence-corrected chi connectivity index (χ4v) is 3.14. The van der Waals surface area contributed by atoms with Crippen LogP contribution in [0.5, 0.6) is 5.75 Å². The minimum absolute atomic E-state index is 0.223. The van der Waals surface area contributed by atoms with Crippen LogP contribution in [0.3, 0.4) is 0 Å². The number of nitrogens with one attached hydrogen (secondary N) is 1. The Morgan fingerprint density at radius 1 is 1.12 bits per heavy atom. The van der Waals surface area contributed by atoms with Crippen LogP contribution >= 0.6 is 0 Å². The molecule has 7 heteroatoms. The van der Waals surface area contributed by atoms with Gasteiger partial charge in [-0.25, -0.2) is 4.79 Å². The molecule has 130 valence electrons. The van der Waals surface area contributed by atoms with Crippen molar-refractivity contribution in [2.45, 2.75) is 25.4 Å². The van der Waals surface area contributed by atoms with E-state index < -0.39 is 0 Å². The molecule has 0 aliphatic carbocycles. The number of piperidine rings is 1. The molecule has 0 saturated carbocycles. The highest BCUT2D eigenvalue weighted by Crippen LogP contribution is 2.24. The van der Waals surface area contributed by atoms with Crippen molar-refractivity contribution in [3.63, 3.8) is 0 Å². The lowest BCUT2D eigenvalue weighted by atomic mass is 10.1. The second-order valence-corrected chi connectivity index (χ2v) is 6.20. The summed E-state index contributed by atoms with van der Waals surface area (Å²) >= 11 is 0. The summed E-state index contributed by atoms with van der Waals surface area (Å²) in [6.45, 7) is 4.08. The Hall–Kier alpha value is -2.12. The van der Waals surface area contributed by atoms with Gasteiger partial charge >= 0.3 is 6.03 Å². The number of carbonyl (C=O) groups is 2. The first-order valence-corrected chi connectivity index (χ1v) is 8.46. The van der Waals surface area contributed by atoms with Crippen molar-refractivity contribution in [2.75, 3.05) is 37.6 Å². The molecule has 24 heavy (non-hydrogen) atoms. The van der Waals surface area contributed by atoms with E-state index in [9.17, 15) is 9.59 Å². The van der Waals surface area contributed by atoms with E-state index in [1.54, 1.807) is 4.90 Å². The Bertz CT molecular complexity index is 582. The first-order valence-electron chi connectivity index (χ1n) is 8.46. The van der Waals surface area contributed by atoms with E-state index in [1.165, 1.54) is 0 Å². The lowest BCUT2D eigenvalue weighted by Gasteiger charge is -2.32. The molecule has 0 spiro atoms. The average molecular weight is 332 g/mol. The number of ether oxygens (including phenoxy) is 1. The maximum atomic E-state index is 11.8. The van der Waals surface area contributed by atoms with Crippen LogP contribution in [-0.4, -0.2) is 55.7 Å². The Morgan fingerprint density at radius 2 is 1.83 bits per heavy atom. The molecule has 3 N–H and O–H groups in total. The van der Waals surface area contributed by atoms with E-state index in [0.29, 0.717) is 19.5 Å². The molecule has 2 aliphatic heterocycles. The van der Waals surface area contributed by atoms with E-state index in [0.717, 1.165) is 43.9 Å². The van der Waals surface area contributed by atoms with Crippen molar-refractivity contribution >= 4 is 17.6 Å². The third kappa shape index (κ3) is 4.04. The standard InChI is InChI=1S/C17H24N4O3/c18-8-12-20-9-5-15(6-10-20)24-14-3-1-13(2-4-14)21-11-7-16(22)19-17(21)23/h1-4,15H,5-12,18H2,(H,19,22,23). The molecule has 1 aromatic rings. The van der Waals surface area contributed by atoms with Gasteiger partial charge in [-0.15, -0.1) is 0 Å². The SMILES string of the molecule is NCCN1CCC(Oc2ccc(N3CCC(=O)NC3=O)cc2)CC1. The van der Waals surface area contributed by atoms with Gasteiger partial charge < -0.3 is 15.4 Å². The quantitative estimate of drug-likeness (QED) is 0.838. The molecular weight excluding hydrogens is 308 g/mol. The number of hydrogen-bond acceptors (Lipinski definition) is 5. The number of imide groups is 1. The topological polar surface area (TPSA) is 87.9 Å². The van der Waals surface area contributed by atoms with Gasteiger partial charge in [-0.2, -0.15) is 0 Å². The van der Waals surface area contributed by atoms with Crippen LogP contribution in [0.15, 0.2) is 24.3 Å². The minimum atomic E-state index is -0.368. The highest BCUT2D eigenvalue weighted by molar-refractivity contribution is 6.05. The van der Waals surface area contributed by atoms with Crippen molar-refractivity contribution in [3.05, 3.63) is 24.3 Å². The predicted molar refractivity (Wildman–Crippen MR) is 91.1 cm³/mol. The van der Waals surface area contributed by atoms with Crippen molar-refractivity contribution in [2.24, 2.45) is 5.73 Å². The molecule has 0 radical (unpaired) electrons. The van der Waals surface area contributed by atoms with Gasteiger partial charge in [0, 0.05) is 44.8 Å². The van der Waals surface area contributed by atoms with Crippen molar-refractivity contribution in [3.8, 4) is 5.75 Å². The average Bonchev–Trinajstić information content (AvgIpc) is 2.58. The Morgan fingerprint density at radius 3 is 2.46 bits per heavy atom. The lowest BCUT2D eigenvalue weighted by molar-refractivity contribution is -0.120. The Kier molecular flexibility index (Phi) is 5.32. The number of benzene rings is 1. The molecule has 2 saturated heterocycles. The third-order valence-electron chi connectivity index (χ3n) is 4.49. The molecule has 2 fully saturated rings. The predicted octanol–water partition coefficient (Wildman–Crippen LogP) is 0.935. The van der Waals surface area contributed by atoms with E-state index >= 15 is 0 Å². The molecule has 2 aliphatic rings. The van der Waals surface area contributed by atoms with Gasteiger partial charge in [-0.3, -0.25) is 15.0 Å². The third-order valence-corrected chi connectivity index (χ3v) is 4.49. The van der Waals surface area contributed by atoms with Crippen molar-refractivity contribution in [1.29, 1.82) is 0 Å². The Labute approximate surface area is 141 Å². The molecule has 3 rings (SSSR count). The molecule has 7 nitrogen and oxygen atoms in total. The number of rotatable bonds is 5. The number of likely N-dealkylation sites (tertiary alicyclic amines) is 1. The summed E-state index contributed by atoms with van der Waals surface area (Å²) in [6.07, 6.45) is 2.54. The van der Waals surface area contributed by atoms with Gasteiger partial charge in [0.1, 0.15) is 11.9 Å². The molecule has 0 aromatic heterocycles. The molecule has 2 heterocycles. The summed E-state index contributed by atoms with van der Waals surface area (Å²) in [7, 11) is 0. The van der Waals surface area contributed by atoms with Crippen LogP contribution in [0, 0.1) is 0 Å². The monoisotopic (exact) mass is 332 g/mol. The summed E-state index contributed by atoms with van der Waals surface area (Å²) in [4.78, 5) is 27.0. The maximum absolute atomic E-state index is 11.8. The summed E-state index contributed by atoms with van der Waals surface area (Å²) in [5.74, 6) is 0.585. The van der Waals surface area contributed by atoms with Gasteiger partial charge in [0.25, 0.3) is 0 Å². The van der Waals surface area contributed by atoms with Crippen molar-refractivity contribution < 1.29 is 14.3 Å². The van der Waals surface area contributed by atoms with Crippen LogP contribution in [0.2, 0.25) is 0 Å². The highest BCUT2D eigenvalue weighted by atomic mass is 16.5. The normalized spacial score (nSPS) is 20.1. The first kappa shape index (κ1) is 16.7. The largest absolute Gasteiger partial charge is 0.490 e. The number of nitrogens with zero attached hydrogens (tertiary/aromatic N) is 2. The molecule has 0 unspecified atom stereocenters. The Balaban J connectivity index is 1.54. The van der Waals surface area contributed by atoms with Crippen LogP contribution in [-0.2, 0) is 4.79 Å². The van der Waals surface area contributed by atoms with Crippen LogP contribution < -0.4 is 20.7 Å². The lowest BCUT2D eigenvalue weighted by Crippen LogP contribution is -2.49. The fraction of sp³-hybridized carbons (Fsp3) is 0.529. The van der Waals surface area contributed by atoms with Gasteiger partial charge in [0.05, 0.1) is 0 Å². The van der Waals surface area contributed by atoms with Crippen LogP contribution in [0.1, 0.15) is 19.3 Å². The second-order valence-electron chi connectivity index (χ2n) is 6.20. The van der Waals surface area contributed by atoms with Gasteiger partial charge in [-0.05, 0) is 37.1 Å². The van der Waals surface area contributed by atoms with Gasteiger partial charge in [0.15, 0.2) is 0 Å². The van der Waals surface area contributed by atoms with E-state index in [4.69, 9.17) is 10.5 Å². The number of carbonyl (C=O) groups excluding carboxylic acids is 2. The van der Waals surface area contributed by atoms with E-state index in [2.05, 4.69) is 10.2 Å². The number of urea groups is 1. The minimum Gasteiger partial charge on any atom is -0.490 e. The maximum Gasteiger partial charge on any atom is 0.328 e. The van der Waals surface area contributed by atoms with Crippen LogP contribution in [0.4, 0.5) is 10.5 Å². The smallest absolute Gasteiger partial charge is 0.328 e. The molecule has 0 bridgehead atoms. The number of amides is 3. The van der Waals surface area contributed by atoms with Crippen molar-refractivity contribution in [1.82, 2.24) is 10.2 Å². The van der Waals surface area contributed by atoms with E-state index in [1.807, 2.05) is 24.3 Å². The summed E-state index contributed by atoms with van der Waals surface area (Å²) in [6, 6.07) is 7.10. The number of anilines is 1. The molecule has 1 aromatic carbocycles. The zero-order valence-corrected chi connectivity index (χ0v) is 13.7. The summed E-state index contributed by atoms with van der Waals surface area (Å²) in [5, 5.41) is 2.33. The zero-order chi connectivity index (χ0) is 16.9. The molecule has 0 atom stereocenters. The fourth-order valence-electron chi connectivity index (χ4n) is 3.14. The van der Waals surface area contributed by atoms with Gasteiger partial charge in [0.2, 0.25) is 5.91 Å². The first-order chi connectivity index (χ1) is 11.7. The molecule has 3 amide bonds. The summed E-state index contributed by atoms with van der Waals surface area (Å²) in [5.41, 5.74) is 6.36. The zero-order valence-electron chi connectivity index (χ0n) is 13.7. The second kappa shape index (κ2) is 7.63. The highest BCUT2D eigenvalue weighted by Gasteiger charge is 2.24. The summed E-state index contributed by atoms with van der Waals surface area (Å²) < 4.78 is 6.04. The van der Waals surface area contributed by atoms with Gasteiger partial charge in [-0.1, -0.05) is 0 Å². The van der Waals surface area contributed by atoms with E-state index in [-0.39, 0.29) is 18.0 Å². The number of hydrogen-bond donors (Lipinski definition) is 2. The number of nitrogens with two attached hydrogens (primary N) is 1.